The molecule has 0 bridgehead atoms. The summed E-state index contributed by atoms with van der Waals surface area (Å²) < 4.78 is 0. The first-order valence-electron chi connectivity index (χ1n) is 4.31. The molecule has 0 aliphatic carbocycles. The van der Waals surface area contributed by atoms with E-state index in [9.17, 15) is 5.11 Å². The molecule has 0 N–H and O–H groups in total. The summed E-state index contributed by atoms with van der Waals surface area (Å²) in [5, 5.41) is 10.3. The van der Waals surface area contributed by atoms with Gasteiger partial charge in [-0.15, -0.1) is 0 Å². The van der Waals surface area contributed by atoms with E-state index in [1.54, 1.807) is 0 Å². The van der Waals surface area contributed by atoms with Gasteiger partial charge < -0.3 is 0 Å². The van der Waals surface area contributed by atoms with E-state index in [4.69, 9.17) is 0 Å². The Morgan fingerprint density at radius 2 is 2.36 bits per heavy atom. The van der Waals surface area contributed by atoms with Crippen LogP contribution in [0, 0.1) is 0 Å². The summed E-state index contributed by atoms with van der Waals surface area (Å²) in [6.07, 6.45) is 6.32. The quantitative estimate of drug-likeness (QED) is 0.564. The molecule has 0 saturated heterocycles. The zero-order valence-corrected chi connectivity index (χ0v) is 7.12. The first-order chi connectivity index (χ1) is 5.34. The van der Waals surface area contributed by atoms with Gasteiger partial charge in [-0.3, -0.25) is 4.90 Å². The van der Waals surface area contributed by atoms with E-state index in [-0.39, 0.29) is 6.61 Å². The van der Waals surface area contributed by atoms with Gasteiger partial charge in [0.2, 0.25) is 0 Å². The van der Waals surface area contributed by atoms with Crippen molar-refractivity contribution in [2.45, 2.75) is 25.8 Å². The van der Waals surface area contributed by atoms with Gasteiger partial charge in [0.1, 0.15) is 0 Å². The number of rotatable bonds is 3. The molecule has 1 heterocycles. The summed E-state index contributed by atoms with van der Waals surface area (Å²) in [6.45, 7) is 4.34. The lowest BCUT2D eigenvalue weighted by molar-refractivity contribution is 0.138. The zero-order valence-electron chi connectivity index (χ0n) is 7.12. The molecule has 2 nitrogen and oxygen atoms in total. The normalized spacial score (nSPS) is 22.0. The first kappa shape index (κ1) is 8.75. The molecule has 0 fully saturated rings. The second-order valence-electron chi connectivity index (χ2n) is 3.10. The first-order valence-corrected chi connectivity index (χ1v) is 4.31. The van der Waals surface area contributed by atoms with Crippen molar-refractivity contribution < 1.29 is 5.11 Å². The molecule has 1 rings (SSSR count). The third-order valence-corrected chi connectivity index (χ3v) is 2.25. The molecule has 1 aliphatic heterocycles. The summed E-state index contributed by atoms with van der Waals surface area (Å²) in [7, 11) is 0. The third-order valence-electron chi connectivity index (χ3n) is 2.25. The molecule has 1 radical (unpaired) electrons. The summed E-state index contributed by atoms with van der Waals surface area (Å²) in [5.41, 5.74) is 0. The summed E-state index contributed by atoms with van der Waals surface area (Å²) in [4.78, 5) is 2.36. The lowest BCUT2D eigenvalue weighted by Gasteiger charge is -2.29. The molecule has 1 aliphatic rings. The van der Waals surface area contributed by atoms with E-state index in [0.29, 0.717) is 6.04 Å². The standard InChI is InChI=1S/C9H16NO/c1-9(5-8-11)10-6-3-2-4-7-10/h2-3,9H,4-8H2,1H3. The summed E-state index contributed by atoms with van der Waals surface area (Å²) in [6, 6.07) is 0.470. The Morgan fingerprint density at radius 1 is 1.55 bits per heavy atom. The molecule has 0 aromatic carbocycles. The van der Waals surface area contributed by atoms with Crippen molar-refractivity contribution in [3.8, 4) is 0 Å². The van der Waals surface area contributed by atoms with E-state index in [1.165, 1.54) is 0 Å². The SMILES string of the molecule is CC(CC[O])N1CC=CCC1. The second-order valence-corrected chi connectivity index (χ2v) is 3.10. The van der Waals surface area contributed by atoms with Crippen molar-refractivity contribution in [3.63, 3.8) is 0 Å². The fraction of sp³-hybridized carbons (Fsp3) is 0.778. The average molecular weight is 154 g/mol. The fourth-order valence-corrected chi connectivity index (χ4v) is 1.41. The van der Waals surface area contributed by atoms with Crippen LogP contribution in [-0.4, -0.2) is 30.6 Å². The van der Waals surface area contributed by atoms with Crippen LogP contribution in [0.25, 0.3) is 0 Å². The van der Waals surface area contributed by atoms with Gasteiger partial charge in [-0.2, -0.15) is 0 Å². The van der Waals surface area contributed by atoms with Gasteiger partial charge in [0.05, 0.1) is 6.61 Å². The van der Waals surface area contributed by atoms with Gasteiger partial charge in [-0.1, -0.05) is 12.2 Å². The number of hydrogen-bond donors (Lipinski definition) is 0. The lowest BCUT2D eigenvalue weighted by Crippen LogP contribution is -2.36. The minimum atomic E-state index is 0.0569. The van der Waals surface area contributed by atoms with Gasteiger partial charge in [-0.05, 0) is 19.8 Å². The van der Waals surface area contributed by atoms with Crippen molar-refractivity contribution in [1.29, 1.82) is 0 Å². The van der Waals surface area contributed by atoms with Crippen LogP contribution in [0.3, 0.4) is 0 Å². The van der Waals surface area contributed by atoms with Crippen molar-refractivity contribution in [2.75, 3.05) is 19.7 Å². The molecule has 11 heavy (non-hydrogen) atoms. The van der Waals surface area contributed by atoms with Crippen LogP contribution < -0.4 is 0 Å². The van der Waals surface area contributed by atoms with Crippen LogP contribution in [0.4, 0.5) is 0 Å². The summed E-state index contributed by atoms with van der Waals surface area (Å²) >= 11 is 0. The molecule has 63 valence electrons. The Kier molecular flexibility index (Phi) is 3.60. The van der Waals surface area contributed by atoms with Crippen molar-refractivity contribution in [3.05, 3.63) is 12.2 Å². The second kappa shape index (κ2) is 4.52. The third kappa shape index (κ3) is 2.64. The van der Waals surface area contributed by atoms with Gasteiger partial charge in [0.15, 0.2) is 0 Å². The molecular formula is C9H16NO. The van der Waals surface area contributed by atoms with Crippen LogP contribution >= 0.6 is 0 Å². The fourth-order valence-electron chi connectivity index (χ4n) is 1.41. The Labute approximate surface area is 68.5 Å². The average Bonchev–Trinajstić information content (AvgIpc) is 2.07. The molecule has 0 aromatic rings. The van der Waals surface area contributed by atoms with Crippen molar-refractivity contribution in [1.82, 2.24) is 4.90 Å². The van der Waals surface area contributed by atoms with Gasteiger partial charge >= 0.3 is 0 Å². The summed E-state index contributed by atoms with van der Waals surface area (Å²) in [5.74, 6) is 0. The van der Waals surface area contributed by atoms with Gasteiger partial charge in [-0.25, -0.2) is 5.11 Å². The number of hydrogen-bond acceptors (Lipinski definition) is 1. The van der Waals surface area contributed by atoms with Crippen molar-refractivity contribution in [2.24, 2.45) is 0 Å². The van der Waals surface area contributed by atoms with E-state index in [0.717, 1.165) is 25.9 Å². The van der Waals surface area contributed by atoms with E-state index < -0.39 is 0 Å². The van der Waals surface area contributed by atoms with Gasteiger partial charge in [0, 0.05) is 19.1 Å². The molecule has 0 amide bonds. The minimum absolute atomic E-state index is 0.0569. The molecule has 0 saturated carbocycles. The highest BCUT2D eigenvalue weighted by atomic mass is 16.3. The Morgan fingerprint density at radius 3 is 2.91 bits per heavy atom. The Balaban J connectivity index is 2.28. The lowest BCUT2D eigenvalue weighted by atomic mass is 10.1. The van der Waals surface area contributed by atoms with Crippen molar-refractivity contribution >= 4 is 0 Å². The van der Waals surface area contributed by atoms with E-state index in [2.05, 4.69) is 24.0 Å². The van der Waals surface area contributed by atoms with Crippen LogP contribution in [0.15, 0.2) is 12.2 Å². The highest BCUT2D eigenvalue weighted by Crippen LogP contribution is 2.08. The maximum atomic E-state index is 10.3. The maximum absolute atomic E-state index is 10.3. The predicted octanol–water partition coefficient (Wildman–Crippen LogP) is 1.46. The minimum Gasteiger partial charge on any atom is -0.297 e. The maximum Gasteiger partial charge on any atom is 0.0837 e. The number of nitrogens with zero attached hydrogens (tertiary/aromatic N) is 1. The topological polar surface area (TPSA) is 23.1 Å². The van der Waals surface area contributed by atoms with Crippen LogP contribution in [0.5, 0.6) is 0 Å². The van der Waals surface area contributed by atoms with Crippen LogP contribution in [0.2, 0.25) is 0 Å². The molecule has 1 atom stereocenters. The molecule has 1 unspecified atom stereocenters. The highest BCUT2D eigenvalue weighted by molar-refractivity contribution is 4.92. The van der Waals surface area contributed by atoms with E-state index in [1.807, 2.05) is 0 Å². The van der Waals surface area contributed by atoms with Crippen LogP contribution in [0.1, 0.15) is 19.8 Å². The smallest absolute Gasteiger partial charge is 0.0837 e. The van der Waals surface area contributed by atoms with E-state index >= 15 is 0 Å². The Bertz CT molecular complexity index is 134. The zero-order chi connectivity index (χ0) is 8.10. The Hall–Kier alpha value is -0.340. The van der Waals surface area contributed by atoms with Gasteiger partial charge in [0.25, 0.3) is 0 Å². The molecule has 0 aromatic heterocycles. The highest BCUT2D eigenvalue weighted by Gasteiger charge is 2.12. The van der Waals surface area contributed by atoms with Crippen LogP contribution in [-0.2, 0) is 5.11 Å². The predicted molar refractivity (Wildman–Crippen MR) is 45.0 cm³/mol. The molecule has 2 heteroatoms. The monoisotopic (exact) mass is 154 g/mol. The molecule has 0 spiro atoms. The molecular weight excluding hydrogens is 138 g/mol. The largest absolute Gasteiger partial charge is 0.297 e.